The van der Waals surface area contributed by atoms with Gasteiger partial charge in [0.25, 0.3) is 6.36 Å². The lowest BCUT2D eigenvalue weighted by Crippen LogP contribution is -2.53. The van der Waals surface area contributed by atoms with Crippen molar-refractivity contribution < 1.29 is 35.5 Å². The fraction of sp³-hybridized carbons (Fsp3) is 1.00. The molecule has 1 unspecified atom stereocenters. The predicted octanol–water partition coefficient (Wildman–Crippen LogP) is 3.63. The minimum atomic E-state index is -5.75. The number of ether oxygens (including phenoxy) is 1. The second-order valence-electron chi connectivity index (χ2n) is 3.09. The van der Waals surface area contributed by atoms with Gasteiger partial charge in [-0.2, -0.15) is 17.6 Å². The minimum absolute atomic E-state index is 0.163. The van der Waals surface area contributed by atoms with E-state index in [4.69, 9.17) is 0 Å². The molecule has 0 saturated carbocycles. The van der Waals surface area contributed by atoms with Gasteiger partial charge in [0.05, 0.1) is 6.61 Å². The van der Waals surface area contributed by atoms with Gasteiger partial charge in [-0.05, 0) is 6.42 Å². The maximum Gasteiger partial charge on any atom is 0.374 e. The van der Waals surface area contributed by atoms with Gasteiger partial charge in [-0.25, -0.2) is 13.2 Å². The highest BCUT2D eigenvalue weighted by atomic mass is 19.3. The van der Waals surface area contributed by atoms with Crippen LogP contribution in [0.2, 0.25) is 0 Å². The quantitative estimate of drug-likeness (QED) is 0.499. The van der Waals surface area contributed by atoms with Gasteiger partial charge >= 0.3 is 18.3 Å². The van der Waals surface area contributed by atoms with Crippen LogP contribution in [0.5, 0.6) is 0 Å². The van der Waals surface area contributed by atoms with Gasteiger partial charge in [-0.3, -0.25) is 0 Å². The van der Waals surface area contributed by atoms with Crippen molar-refractivity contribution >= 4 is 0 Å². The van der Waals surface area contributed by atoms with E-state index in [9.17, 15) is 30.7 Å². The number of hydrogen-bond acceptors (Lipinski definition) is 1. The van der Waals surface area contributed by atoms with E-state index in [0.29, 0.717) is 6.42 Å². The van der Waals surface area contributed by atoms with E-state index in [1.165, 1.54) is 0 Å². The lowest BCUT2D eigenvalue weighted by molar-refractivity contribution is -0.324. The summed E-state index contributed by atoms with van der Waals surface area (Å²) < 4.78 is 89.2. The second kappa shape index (κ2) is 5.70. The molecule has 8 heteroatoms. The zero-order valence-corrected chi connectivity index (χ0v) is 8.33. The molecule has 0 spiro atoms. The van der Waals surface area contributed by atoms with Crippen molar-refractivity contribution in [2.45, 2.75) is 44.4 Å². The summed E-state index contributed by atoms with van der Waals surface area (Å²) in [5.41, 5.74) is 0. The fourth-order valence-corrected chi connectivity index (χ4v) is 0.733. The standard InChI is InChI=1S/C8H11F7O/c1-2-3-4-16-6(11)8(14,15)7(12,13)5(9)10/h5-6H,2-4H2,1H3. The summed E-state index contributed by atoms with van der Waals surface area (Å²) in [7, 11) is 0. The van der Waals surface area contributed by atoms with Crippen LogP contribution < -0.4 is 0 Å². The average Bonchev–Trinajstić information content (AvgIpc) is 2.17. The van der Waals surface area contributed by atoms with Crippen molar-refractivity contribution in [3.63, 3.8) is 0 Å². The van der Waals surface area contributed by atoms with E-state index >= 15 is 0 Å². The third-order valence-electron chi connectivity index (χ3n) is 1.77. The summed E-state index contributed by atoms with van der Waals surface area (Å²) in [6.07, 6.45) is -7.78. The first kappa shape index (κ1) is 15.5. The van der Waals surface area contributed by atoms with Crippen molar-refractivity contribution in [1.29, 1.82) is 0 Å². The highest BCUT2D eigenvalue weighted by Gasteiger charge is 2.68. The molecule has 0 amide bonds. The van der Waals surface area contributed by atoms with E-state index in [-0.39, 0.29) is 6.42 Å². The molecule has 0 rings (SSSR count). The Morgan fingerprint density at radius 3 is 1.88 bits per heavy atom. The van der Waals surface area contributed by atoms with Gasteiger partial charge in [0.2, 0.25) is 0 Å². The van der Waals surface area contributed by atoms with E-state index in [1.807, 2.05) is 0 Å². The monoisotopic (exact) mass is 256 g/mol. The molecular formula is C8H11F7O. The van der Waals surface area contributed by atoms with Crippen molar-refractivity contribution in [1.82, 2.24) is 0 Å². The largest absolute Gasteiger partial charge is 0.374 e. The Kier molecular flexibility index (Phi) is 5.51. The van der Waals surface area contributed by atoms with Crippen LogP contribution in [0.4, 0.5) is 30.7 Å². The van der Waals surface area contributed by atoms with Gasteiger partial charge in [0.15, 0.2) is 0 Å². The Morgan fingerprint density at radius 2 is 1.50 bits per heavy atom. The zero-order chi connectivity index (χ0) is 13.0. The van der Waals surface area contributed by atoms with Gasteiger partial charge in [0.1, 0.15) is 0 Å². The van der Waals surface area contributed by atoms with Crippen LogP contribution in [0.15, 0.2) is 0 Å². The molecule has 0 aliphatic rings. The highest BCUT2D eigenvalue weighted by Crippen LogP contribution is 2.42. The Labute approximate surface area is 87.6 Å². The molecule has 0 fully saturated rings. The first-order valence-corrected chi connectivity index (χ1v) is 4.47. The maximum atomic E-state index is 12.6. The molecule has 0 saturated heterocycles. The van der Waals surface area contributed by atoms with Crippen LogP contribution in [0.1, 0.15) is 19.8 Å². The first-order valence-electron chi connectivity index (χ1n) is 4.47. The summed E-state index contributed by atoms with van der Waals surface area (Å²) in [6.45, 7) is 1.09. The Bertz CT molecular complexity index is 207. The molecule has 0 aliphatic heterocycles. The van der Waals surface area contributed by atoms with Crippen LogP contribution in [-0.2, 0) is 4.74 Å². The van der Waals surface area contributed by atoms with Crippen LogP contribution in [-0.4, -0.2) is 31.2 Å². The van der Waals surface area contributed by atoms with Gasteiger partial charge in [-0.15, -0.1) is 0 Å². The summed E-state index contributed by atoms with van der Waals surface area (Å²) >= 11 is 0. The molecule has 1 atom stereocenters. The SMILES string of the molecule is CCCCOC(F)C(F)(F)C(F)(F)C(F)F. The molecule has 0 bridgehead atoms. The van der Waals surface area contributed by atoms with Crippen LogP contribution >= 0.6 is 0 Å². The van der Waals surface area contributed by atoms with Crippen LogP contribution in [0.3, 0.4) is 0 Å². The molecule has 0 radical (unpaired) electrons. The molecule has 0 aromatic heterocycles. The molecule has 98 valence electrons. The molecule has 0 heterocycles. The zero-order valence-electron chi connectivity index (χ0n) is 8.33. The highest BCUT2D eigenvalue weighted by molar-refractivity contribution is 4.89. The second-order valence-corrected chi connectivity index (χ2v) is 3.09. The average molecular weight is 256 g/mol. The number of hydrogen-bond donors (Lipinski definition) is 0. The summed E-state index contributed by atoms with van der Waals surface area (Å²) in [4.78, 5) is 0. The topological polar surface area (TPSA) is 9.23 Å². The van der Waals surface area contributed by atoms with Crippen LogP contribution in [0, 0.1) is 0 Å². The van der Waals surface area contributed by atoms with Crippen molar-refractivity contribution in [3.8, 4) is 0 Å². The van der Waals surface area contributed by atoms with Crippen molar-refractivity contribution in [3.05, 3.63) is 0 Å². The smallest absolute Gasteiger partial charge is 0.343 e. The van der Waals surface area contributed by atoms with E-state index in [2.05, 4.69) is 4.74 Å². The Hall–Kier alpha value is -0.530. The number of unbranched alkanes of at least 4 members (excludes halogenated alkanes) is 1. The third-order valence-corrected chi connectivity index (χ3v) is 1.77. The number of halogens is 7. The molecule has 1 nitrogen and oxygen atoms in total. The number of rotatable bonds is 7. The molecule has 0 N–H and O–H groups in total. The molecule has 0 aromatic rings. The third kappa shape index (κ3) is 3.23. The molecule has 0 aliphatic carbocycles. The first-order chi connectivity index (χ1) is 7.17. The van der Waals surface area contributed by atoms with E-state index in [0.717, 1.165) is 0 Å². The fourth-order valence-electron chi connectivity index (χ4n) is 0.733. The summed E-state index contributed by atoms with van der Waals surface area (Å²) in [6, 6.07) is 0. The maximum absolute atomic E-state index is 12.6. The van der Waals surface area contributed by atoms with E-state index in [1.54, 1.807) is 6.92 Å². The Balaban J connectivity index is 4.51. The van der Waals surface area contributed by atoms with E-state index < -0.39 is 31.2 Å². The Morgan fingerprint density at radius 1 is 1.00 bits per heavy atom. The normalized spacial score (nSPS) is 15.6. The van der Waals surface area contributed by atoms with Crippen molar-refractivity contribution in [2.24, 2.45) is 0 Å². The molecule has 0 aromatic carbocycles. The lowest BCUT2D eigenvalue weighted by Gasteiger charge is -2.28. The minimum Gasteiger partial charge on any atom is -0.343 e. The van der Waals surface area contributed by atoms with Crippen molar-refractivity contribution in [2.75, 3.05) is 6.61 Å². The molecule has 16 heavy (non-hydrogen) atoms. The van der Waals surface area contributed by atoms with Gasteiger partial charge in [0, 0.05) is 0 Å². The molecular weight excluding hydrogens is 245 g/mol. The lowest BCUT2D eigenvalue weighted by atomic mass is 10.2. The summed E-state index contributed by atoms with van der Waals surface area (Å²) in [5, 5.41) is 0. The predicted molar refractivity (Wildman–Crippen MR) is 41.7 cm³/mol. The summed E-state index contributed by atoms with van der Waals surface area (Å²) in [5.74, 6) is -11.3. The van der Waals surface area contributed by atoms with Gasteiger partial charge in [-0.1, -0.05) is 13.3 Å². The number of alkyl halides is 7. The van der Waals surface area contributed by atoms with Gasteiger partial charge < -0.3 is 4.74 Å². The van der Waals surface area contributed by atoms with Crippen LogP contribution in [0.25, 0.3) is 0 Å².